The van der Waals surface area contributed by atoms with Gasteiger partial charge < -0.3 is 0 Å². The molecule has 0 saturated carbocycles. The molecule has 0 unspecified atom stereocenters. The van der Waals surface area contributed by atoms with Crippen molar-refractivity contribution in [3.8, 4) is 10.4 Å². The molecule has 0 N–H and O–H groups in total. The Morgan fingerprint density at radius 2 is 2.07 bits per heavy atom. The molecule has 2 heteroatoms. The molecule has 0 radical (unpaired) electrons. The van der Waals surface area contributed by atoms with Gasteiger partial charge in [-0.15, -0.1) is 11.3 Å². The molecule has 78 valence electrons. The van der Waals surface area contributed by atoms with E-state index in [4.69, 9.17) is 0 Å². The summed E-state index contributed by atoms with van der Waals surface area (Å²) in [5.41, 5.74) is 2.64. The van der Waals surface area contributed by atoms with Crippen molar-refractivity contribution in [3.05, 3.63) is 41.0 Å². The molecule has 2 aromatic rings. The number of thiazole rings is 1. The third kappa shape index (κ3) is 2.26. The fraction of sp³-hybridized carbons (Fsp3) is 0.308. The van der Waals surface area contributed by atoms with Crippen LogP contribution < -0.4 is 0 Å². The molecular formula is C13H15NS. The van der Waals surface area contributed by atoms with Crippen LogP contribution >= 0.6 is 11.3 Å². The van der Waals surface area contributed by atoms with Crippen LogP contribution in [0, 0.1) is 6.92 Å². The molecule has 1 aromatic carbocycles. The molecule has 1 nitrogen and oxygen atoms in total. The maximum absolute atomic E-state index is 4.44. The lowest BCUT2D eigenvalue weighted by atomic mass is 10.1. The van der Waals surface area contributed by atoms with Crippen LogP contribution in [0.5, 0.6) is 0 Å². The van der Waals surface area contributed by atoms with E-state index in [-0.39, 0.29) is 0 Å². The highest BCUT2D eigenvalue weighted by Gasteiger charge is 2.05. The van der Waals surface area contributed by atoms with Crippen molar-refractivity contribution in [3.63, 3.8) is 0 Å². The van der Waals surface area contributed by atoms with Crippen LogP contribution in [-0.4, -0.2) is 4.98 Å². The first-order valence-electron chi connectivity index (χ1n) is 5.32. The summed E-state index contributed by atoms with van der Waals surface area (Å²) >= 11 is 1.81. The second-order valence-electron chi connectivity index (χ2n) is 3.68. The van der Waals surface area contributed by atoms with Gasteiger partial charge in [-0.1, -0.05) is 31.2 Å². The number of hydrogen-bond acceptors (Lipinski definition) is 2. The predicted octanol–water partition coefficient (Wildman–Crippen LogP) is 4.07. The van der Waals surface area contributed by atoms with E-state index in [0.717, 1.165) is 6.42 Å². The molecule has 0 bridgehead atoms. The van der Waals surface area contributed by atoms with Crippen molar-refractivity contribution < 1.29 is 0 Å². The maximum Gasteiger partial charge on any atom is 0.0931 e. The Balaban J connectivity index is 2.33. The van der Waals surface area contributed by atoms with Crippen molar-refractivity contribution in [2.45, 2.75) is 26.7 Å². The smallest absolute Gasteiger partial charge is 0.0931 e. The standard InChI is InChI=1S/C13H15NS/c1-3-6-13-14-9-12(15-13)11-8-5-4-7-10(11)2/h4-5,7-9H,3,6H2,1-2H3. The van der Waals surface area contributed by atoms with Gasteiger partial charge in [0.2, 0.25) is 0 Å². The van der Waals surface area contributed by atoms with Gasteiger partial charge in [0.05, 0.1) is 9.88 Å². The third-order valence-electron chi connectivity index (χ3n) is 2.43. The number of aryl methyl sites for hydroxylation is 2. The lowest BCUT2D eigenvalue weighted by Crippen LogP contribution is -1.77. The van der Waals surface area contributed by atoms with E-state index in [9.17, 15) is 0 Å². The van der Waals surface area contributed by atoms with E-state index >= 15 is 0 Å². The third-order valence-corrected chi connectivity index (χ3v) is 3.52. The number of hydrogen-bond donors (Lipinski definition) is 0. The van der Waals surface area contributed by atoms with Crippen LogP contribution in [0.3, 0.4) is 0 Å². The van der Waals surface area contributed by atoms with Gasteiger partial charge >= 0.3 is 0 Å². The summed E-state index contributed by atoms with van der Waals surface area (Å²) in [5.74, 6) is 0. The van der Waals surface area contributed by atoms with Gasteiger partial charge in [-0.2, -0.15) is 0 Å². The summed E-state index contributed by atoms with van der Waals surface area (Å²) in [7, 11) is 0. The highest BCUT2D eigenvalue weighted by Crippen LogP contribution is 2.28. The van der Waals surface area contributed by atoms with Crippen LogP contribution in [0.25, 0.3) is 10.4 Å². The van der Waals surface area contributed by atoms with Gasteiger partial charge in [0, 0.05) is 6.20 Å². The van der Waals surface area contributed by atoms with Gasteiger partial charge in [0.25, 0.3) is 0 Å². The molecule has 0 aliphatic carbocycles. The monoisotopic (exact) mass is 217 g/mol. The molecule has 0 atom stereocenters. The lowest BCUT2D eigenvalue weighted by molar-refractivity contribution is 0.909. The molecule has 1 heterocycles. The minimum Gasteiger partial charge on any atom is -0.249 e. The number of benzene rings is 1. The lowest BCUT2D eigenvalue weighted by Gasteiger charge is -2.00. The summed E-state index contributed by atoms with van der Waals surface area (Å²) in [6.07, 6.45) is 4.26. The van der Waals surface area contributed by atoms with Crippen LogP contribution in [-0.2, 0) is 6.42 Å². The van der Waals surface area contributed by atoms with E-state index in [1.54, 1.807) is 0 Å². The van der Waals surface area contributed by atoms with Crippen molar-refractivity contribution in [1.82, 2.24) is 4.98 Å². The van der Waals surface area contributed by atoms with Crippen LogP contribution in [0.4, 0.5) is 0 Å². The zero-order chi connectivity index (χ0) is 10.7. The maximum atomic E-state index is 4.44. The molecular weight excluding hydrogens is 202 g/mol. The summed E-state index contributed by atoms with van der Waals surface area (Å²) in [6, 6.07) is 8.47. The van der Waals surface area contributed by atoms with Gasteiger partial charge in [-0.05, 0) is 30.9 Å². The Labute approximate surface area is 94.8 Å². The molecule has 0 aliphatic heterocycles. The number of rotatable bonds is 3. The Morgan fingerprint density at radius 1 is 1.27 bits per heavy atom. The first-order chi connectivity index (χ1) is 7.31. The largest absolute Gasteiger partial charge is 0.249 e. The van der Waals surface area contributed by atoms with E-state index in [2.05, 4.69) is 43.1 Å². The Hall–Kier alpha value is -1.15. The summed E-state index contributed by atoms with van der Waals surface area (Å²) < 4.78 is 0. The molecule has 0 spiro atoms. The molecule has 15 heavy (non-hydrogen) atoms. The SMILES string of the molecule is CCCc1ncc(-c2ccccc2C)s1. The first-order valence-corrected chi connectivity index (χ1v) is 6.13. The minimum atomic E-state index is 1.09. The molecule has 0 fully saturated rings. The van der Waals surface area contributed by atoms with Crippen LogP contribution in [0.15, 0.2) is 30.5 Å². The highest BCUT2D eigenvalue weighted by molar-refractivity contribution is 7.15. The first kappa shape index (κ1) is 10.4. The highest BCUT2D eigenvalue weighted by atomic mass is 32.1. The average Bonchev–Trinajstić information content (AvgIpc) is 2.68. The second-order valence-corrected chi connectivity index (χ2v) is 4.80. The Bertz CT molecular complexity index is 445. The van der Waals surface area contributed by atoms with E-state index in [1.165, 1.54) is 27.4 Å². The Morgan fingerprint density at radius 3 is 2.80 bits per heavy atom. The average molecular weight is 217 g/mol. The summed E-state index contributed by atoms with van der Waals surface area (Å²) in [4.78, 5) is 5.73. The summed E-state index contributed by atoms with van der Waals surface area (Å²) in [6.45, 7) is 4.34. The second kappa shape index (κ2) is 4.58. The minimum absolute atomic E-state index is 1.09. The van der Waals surface area contributed by atoms with Crippen molar-refractivity contribution in [2.75, 3.05) is 0 Å². The zero-order valence-electron chi connectivity index (χ0n) is 9.16. The van der Waals surface area contributed by atoms with Gasteiger partial charge in [0.15, 0.2) is 0 Å². The fourth-order valence-electron chi connectivity index (χ4n) is 1.61. The van der Waals surface area contributed by atoms with E-state index < -0.39 is 0 Å². The van der Waals surface area contributed by atoms with Crippen LogP contribution in [0.1, 0.15) is 23.9 Å². The van der Waals surface area contributed by atoms with E-state index in [0.29, 0.717) is 0 Å². The molecule has 0 saturated heterocycles. The van der Waals surface area contributed by atoms with Crippen molar-refractivity contribution in [2.24, 2.45) is 0 Å². The Kier molecular flexibility index (Phi) is 3.17. The number of nitrogens with zero attached hydrogens (tertiary/aromatic N) is 1. The topological polar surface area (TPSA) is 12.9 Å². The van der Waals surface area contributed by atoms with Crippen molar-refractivity contribution >= 4 is 11.3 Å². The molecule has 2 rings (SSSR count). The fourth-order valence-corrected chi connectivity index (χ4v) is 2.72. The van der Waals surface area contributed by atoms with E-state index in [1.807, 2.05) is 17.5 Å². The van der Waals surface area contributed by atoms with Crippen LogP contribution in [0.2, 0.25) is 0 Å². The zero-order valence-corrected chi connectivity index (χ0v) is 9.97. The molecule has 0 aliphatic rings. The van der Waals surface area contributed by atoms with Gasteiger partial charge in [-0.3, -0.25) is 0 Å². The summed E-state index contributed by atoms with van der Waals surface area (Å²) in [5, 5.41) is 1.25. The normalized spacial score (nSPS) is 10.5. The van der Waals surface area contributed by atoms with Crippen molar-refractivity contribution in [1.29, 1.82) is 0 Å². The number of aromatic nitrogens is 1. The quantitative estimate of drug-likeness (QED) is 0.755. The van der Waals surface area contributed by atoms with Gasteiger partial charge in [-0.25, -0.2) is 4.98 Å². The molecule has 0 amide bonds. The van der Waals surface area contributed by atoms with Gasteiger partial charge in [0.1, 0.15) is 0 Å². The predicted molar refractivity (Wildman–Crippen MR) is 66.3 cm³/mol. The molecule has 1 aromatic heterocycles.